The van der Waals surface area contributed by atoms with E-state index in [9.17, 15) is 9.59 Å². The van der Waals surface area contributed by atoms with Crippen LogP contribution >= 0.6 is 0 Å². The predicted molar refractivity (Wildman–Crippen MR) is 103 cm³/mol. The summed E-state index contributed by atoms with van der Waals surface area (Å²) in [5, 5.41) is 7.09. The molecule has 6 nitrogen and oxygen atoms in total. The Kier molecular flexibility index (Phi) is 6.04. The van der Waals surface area contributed by atoms with Crippen LogP contribution in [-0.4, -0.2) is 47.9 Å². The number of para-hydroxylation sites is 1. The number of nitrogens with zero attached hydrogens (tertiary/aromatic N) is 2. The number of hydrogen-bond acceptors (Lipinski definition) is 4. The third-order valence-electron chi connectivity index (χ3n) is 4.58. The van der Waals surface area contributed by atoms with E-state index in [-0.39, 0.29) is 11.8 Å². The molecular formula is C20H26N4O2. The second kappa shape index (κ2) is 8.65. The fourth-order valence-corrected chi connectivity index (χ4v) is 3.21. The van der Waals surface area contributed by atoms with Gasteiger partial charge in [-0.05, 0) is 31.4 Å². The minimum Gasteiger partial charge on any atom is -0.370 e. The largest absolute Gasteiger partial charge is 0.370 e. The number of rotatable bonds is 8. The molecule has 3 rings (SSSR count). The van der Waals surface area contributed by atoms with Crippen LogP contribution in [0.3, 0.4) is 0 Å². The van der Waals surface area contributed by atoms with E-state index in [2.05, 4.69) is 15.6 Å². The molecule has 1 fully saturated rings. The molecule has 1 aliphatic heterocycles. The second-order valence-corrected chi connectivity index (χ2v) is 6.59. The Labute approximate surface area is 154 Å². The van der Waals surface area contributed by atoms with Crippen molar-refractivity contribution in [3.63, 3.8) is 0 Å². The summed E-state index contributed by atoms with van der Waals surface area (Å²) in [4.78, 5) is 30.7. The summed E-state index contributed by atoms with van der Waals surface area (Å²) in [7, 11) is 0. The first-order valence-corrected chi connectivity index (χ1v) is 9.38. The lowest BCUT2D eigenvalue weighted by Gasteiger charge is -2.16. The van der Waals surface area contributed by atoms with Crippen LogP contribution in [0.5, 0.6) is 0 Å². The van der Waals surface area contributed by atoms with Crippen LogP contribution < -0.4 is 10.6 Å². The quantitative estimate of drug-likeness (QED) is 0.715. The average molecular weight is 354 g/mol. The first kappa shape index (κ1) is 18.2. The average Bonchev–Trinajstić information content (AvgIpc) is 3.07. The molecular weight excluding hydrogens is 328 g/mol. The summed E-state index contributed by atoms with van der Waals surface area (Å²) < 4.78 is 0. The summed E-state index contributed by atoms with van der Waals surface area (Å²) in [6, 6.07) is 9.49. The molecule has 1 aromatic carbocycles. The number of amides is 2. The van der Waals surface area contributed by atoms with Crippen molar-refractivity contribution in [1.29, 1.82) is 0 Å². The maximum atomic E-state index is 12.5. The van der Waals surface area contributed by atoms with E-state index in [0.717, 1.165) is 43.3 Å². The van der Waals surface area contributed by atoms with Gasteiger partial charge in [0.1, 0.15) is 5.82 Å². The van der Waals surface area contributed by atoms with Gasteiger partial charge in [-0.1, -0.05) is 25.1 Å². The van der Waals surface area contributed by atoms with E-state index in [1.165, 1.54) is 0 Å². The SMILES string of the molecule is CCCNC(=O)c1cc(NCCCN2CCCC2=O)nc2ccccc12. The summed E-state index contributed by atoms with van der Waals surface area (Å²) in [5.74, 6) is 0.873. The van der Waals surface area contributed by atoms with Crippen molar-refractivity contribution in [2.45, 2.75) is 32.6 Å². The molecule has 0 aliphatic carbocycles. The summed E-state index contributed by atoms with van der Waals surface area (Å²) in [6.07, 6.45) is 3.40. The van der Waals surface area contributed by atoms with E-state index in [1.807, 2.05) is 42.2 Å². The van der Waals surface area contributed by atoms with Crippen molar-refractivity contribution in [3.8, 4) is 0 Å². The van der Waals surface area contributed by atoms with Crippen LogP contribution in [0, 0.1) is 0 Å². The number of nitrogens with one attached hydrogen (secondary N) is 2. The molecule has 2 heterocycles. The molecule has 0 spiro atoms. The van der Waals surface area contributed by atoms with E-state index in [1.54, 1.807) is 0 Å². The Morgan fingerprint density at radius 1 is 1.27 bits per heavy atom. The molecule has 1 aromatic heterocycles. The number of anilines is 1. The van der Waals surface area contributed by atoms with Gasteiger partial charge in [-0.25, -0.2) is 4.98 Å². The van der Waals surface area contributed by atoms with Crippen LogP contribution in [0.25, 0.3) is 10.9 Å². The summed E-state index contributed by atoms with van der Waals surface area (Å²) in [5.41, 5.74) is 1.44. The lowest BCUT2D eigenvalue weighted by Crippen LogP contribution is -2.27. The van der Waals surface area contributed by atoms with Crippen molar-refractivity contribution >= 4 is 28.5 Å². The van der Waals surface area contributed by atoms with Crippen LogP contribution in [0.1, 0.15) is 43.0 Å². The van der Waals surface area contributed by atoms with Crippen molar-refractivity contribution in [1.82, 2.24) is 15.2 Å². The molecule has 0 atom stereocenters. The van der Waals surface area contributed by atoms with Crippen LogP contribution in [0.15, 0.2) is 30.3 Å². The Morgan fingerprint density at radius 2 is 2.12 bits per heavy atom. The smallest absolute Gasteiger partial charge is 0.252 e. The minimum atomic E-state index is -0.0730. The third-order valence-corrected chi connectivity index (χ3v) is 4.58. The minimum absolute atomic E-state index is 0.0730. The lowest BCUT2D eigenvalue weighted by atomic mass is 10.1. The topological polar surface area (TPSA) is 74.3 Å². The zero-order valence-corrected chi connectivity index (χ0v) is 15.3. The number of carbonyl (C=O) groups is 2. The molecule has 26 heavy (non-hydrogen) atoms. The van der Waals surface area contributed by atoms with Crippen molar-refractivity contribution < 1.29 is 9.59 Å². The highest BCUT2D eigenvalue weighted by molar-refractivity contribution is 6.06. The normalized spacial score (nSPS) is 14.0. The highest BCUT2D eigenvalue weighted by Gasteiger charge is 2.19. The van der Waals surface area contributed by atoms with E-state index in [0.29, 0.717) is 30.9 Å². The highest BCUT2D eigenvalue weighted by atomic mass is 16.2. The zero-order valence-electron chi connectivity index (χ0n) is 15.3. The zero-order chi connectivity index (χ0) is 18.4. The Bertz CT molecular complexity index is 790. The van der Waals surface area contributed by atoms with Crippen molar-refractivity contribution in [2.75, 3.05) is 31.5 Å². The second-order valence-electron chi connectivity index (χ2n) is 6.59. The Morgan fingerprint density at radius 3 is 2.88 bits per heavy atom. The van der Waals surface area contributed by atoms with Gasteiger partial charge in [-0.15, -0.1) is 0 Å². The standard InChI is InChI=1S/C20H26N4O2/c1-2-10-22-20(26)16-14-18(23-17-8-4-3-7-15(16)17)21-11-6-13-24-12-5-9-19(24)25/h3-4,7-8,14H,2,5-6,9-13H2,1H3,(H,21,23)(H,22,26). The molecule has 0 radical (unpaired) electrons. The van der Waals surface area contributed by atoms with Gasteiger partial charge >= 0.3 is 0 Å². The molecule has 2 amide bonds. The molecule has 138 valence electrons. The number of pyridine rings is 1. The van der Waals surface area contributed by atoms with Crippen LogP contribution in [0.4, 0.5) is 5.82 Å². The van der Waals surface area contributed by atoms with Gasteiger partial charge in [-0.2, -0.15) is 0 Å². The first-order chi connectivity index (χ1) is 12.7. The molecule has 0 unspecified atom stereocenters. The van der Waals surface area contributed by atoms with Gasteiger partial charge < -0.3 is 15.5 Å². The molecule has 0 saturated carbocycles. The molecule has 2 aromatic rings. The van der Waals surface area contributed by atoms with Gasteiger partial charge in [0.2, 0.25) is 5.91 Å². The van der Waals surface area contributed by atoms with Crippen LogP contribution in [0.2, 0.25) is 0 Å². The molecule has 1 saturated heterocycles. The van der Waals surface area contributed by atoms with Gasteiger partial charge in [0.25, 0.3) is 5.91 Å². The van der Waals surface area contributed by atoms with Crippen molar-refractivity contribution in [3.05, 3.63) is 35.9 Å². The monoisotopic (exact) mass is 354 g/mol. The van der Waals surface area contributed by atoms with Crippen LogP contribution in [-0.2, 0) is 4.79 Å². The fraction of sp³-hybridized carbons (Fsp3) is 0.450. The first-order valence-electron chi connectivity index (χ1n) is 9.38. The Balaban J connectivity index is 1.67. The highest BCUT2D eigenvalue weighted by Crippen LogP contribution is 2.21. The van der Waals surface area contributed by atoms with Gasteiger partial charge in [0.05, 0.1) is 11.1 Å². The maximum absolute atomic E-state index is 12.5. The predicted octanol–water partition coefficient (Wildman–Crippen LogP) is 2.80. The number of hydrogen-bond donors (Lipinski definition) is 2. The molecule has 2 N–H and O–H groups in total. The summed E-state index contributed by atoms with van der Waals surface area (Å²) in [6.45, 7) is 5.04. The van der Waals surface area contributed by atoms with Crippen molar-refractivity contribution in [2.24, 2.45) is 0 Å². The molecule has 0 bridgehead atoms. The Hall–Kier alpha value is -2.63. The van der Waals surface area contributed by atoms with Gasteiger partial charge in [-0.3, -0.25) is 9.59 Å². The van der Waals surface area contributed by atoms with E-state index >= 15 is 0 Å². The van der Waals surface area contributed by atoms with E-state index in [4.69, 9.17) is 0 Å². The number of benzene rings is 1. The lowest BCUT2D eigenvalue weighted by molar-refractivity contribution is -0.127. The summed E-state index contributed by atoms with van der Waals surface area (Å²) >= 11 is 0. The number of carbonyl (C=O) groups excluding carboxylic acids is 2. The number of fused-ring (bicyclic) bond motifs is 1. The number of aromatic nitrogens is 1. The maximum Gasteiger partial charge on any atom is 0.252 e. The number of likely N-dealkylation sites (tertiary alicyclic amines) is 1. The third kappa shape index (κ3) is 4.31. The van der Waals surface area contributed by atoms with Gasteiger partial charge in [0, 0.05) is 38.0 Å². The molecule has 6 heteroatoms. The van der Waals surface area contributed by atoms with E-state index < -0.39 is 0 Å². The fourth-order valence-electron chi connectivity index (χ4n) is 3.21. The molecule has 1 aliphatic rings. The van der Waals surface area contributed by atoms with Gasteiger partial charge in [0.15, 0.2) is 0 Å².